The summed E-state index contributed by atoms with van der Waals surface area (Å²) in [5.41, 5.74) is 4.29. The van der Waals surface area contributed by atoms with Crippen molar-refractivity contribution in [2.24, 2.45) is 11.7 Å². The molecule has 0 radical (unpaired) electrons. The lowest BCUT2D eigenvalue weighted by molar-refractivity contribution is -0.00586. The first-order chi connectivity index (χ1) is 14.5. The molecule has 33 heavy (non-hydrogen) atoms. The second kappa shape index (κ2) is 8.17. The predicted molar refractivity (Wildman–Crippen MR) is 166 cm³/mol. The van der Waals surface area contributed by atoms with Crippen molar-refractivity contribution < 1.29 is 9.90 Å². The van der Waals surface area contributed by atoms with E-state index in [4.69, 9.17) is 5.73 Å². The average Bonchev–Trinajstić information content (AvgIpc) is 2.57. The summed E-state index contributed by atoms with van der Waals surface area (Å²) in [7, 11) is 21.6. The van der Waals surface area contributed by atoms with Crippen LogP contribution in [0.4, 0.5) is 11.8 Å². The third-order valence-corrected chi connectivity index (χ3v) is 9.34. The molecule has 1 aliphatic carbocycles. The van der Waals surface area contributed by atoms with Crippen molar-refractivity contribution in [3.05, 3.63) is 11.8 Å². The van der Waals surface area contributed by atoms with Crippen LogP contribution in [0.3, 0.4) is 0 Å². The largest absolute Gasteiger partial charge is 0.400 e. The zero-order valence-corrected chi connectivity index (χ0v) is 23.1. The summed E-state index contributed by atoms with van der Waals surface area (Å²) in [5, 5.41) is 17.8. The first kappa shape index (κ1) is 28.0. The number of hydrogen-bond donors (Lipinski definition) is 4. The highest BCUT2D eigenvalue weighted by Gasteiger charge is 2.70. The molecule has 1 aromatic heterocycles. The number of aliphatic hydroxyl groups is 1. The molecule has 3 atom stereocenters. The van der Waals surface area contributed by atoms with E-state index in [2.05, 4.69) is 91.2 Å². The number of nitrogens with one attached hydrogen (secondary N) is 2. The molecule has 0 aliphatic heterocycles. The lowest BCUT2D eigenvalue weighted by Gasteiger charge is -2.75. The second-order valence-electron chi connectivity index (χ2n) is 13.3. The van der Waals surface area contributed by atoms with E-state index in [-0.39, 0.29) is 33.2 Å². The van der Waals surface area contributed by atoms with Crippen molar-refractivity contribution in [3.8, 4) is 0 Å². The van der Waals surface area contributed by atoms with Crippen LogP contribution in [0.15, 0.2) is 6.20 Å². The van der Waals surface area contributed by atoms with E-state index in [1.165, 1.54) is 6.20 Å². The van der Waals surface area contributed by atoms with Gasteiger partial charge in [-0.05, 0) is 32.1 Å². The molecule has 1 amide bonds. The number of carbonyl (C=O) groups excluding carboxylic acids is 1. The quantitative estimate of drug-likeness (QED) is 0.339. The molecular weight excluding hydrogens is 402 g/mol. The van der Waals surface area contributed by atoms with Gasteiger partial charge in [0.2, 0.25) is 5.95 Å². The topological polar surface area (TPSA) is 113 Å². The molecule has 17 heteroatoms. The third kappa shape index (κ3) is 4.21. The first-order valence-electron chi connectivity index (χ1n) is 12.0. The molecule has 1 saturated carbocycles. The summed E-state index contributed by atoms with van der Waals surface area (Å²) in [6.45, 7) is 6.06. The maximum Gasteiger partial charge on any atom is 0.254 e. The van der Waals surface area contributed by atoms with Gasteiger partial charge in [-0.25, -0.2) is 4.98 Å². The summed E-state index contributed by atoms with van der Waals surface area (Å²) in [6, 6.07) is 0. The van der Waals surface area contributed by atoms with Crippen molar-refractivity contribution in [2.45, 2.75) is 58.6 Å². The molecule has 0 bridgehead atoms. The van der Waals surface area contributed by atoms with Gasteiger partial charge in [-0.2, -0.15) is 4.98 Å². The Morgan fingerprint density at radius 3 is 2.03 bits per heavy atom. The standard InChI is InChI=1S/C16H37B10N5O2/c1-11(2,3)31-10-28-4-5(8(27)32)9(29-10)30-16(26)14(22,23)12(19,20)6(7(17)18)13(21,33)15(16,24)25/h4,6-7,33H,17-26H2,1-3H3,(H2,27,32)(H2,28,29,30,31). The van der Waals surface area contributed by atoms with Gasteiger partial charge >= 0.3 is 0 Å². The molecule has 0 spiro atoms. The molecule has 7 nitrogen and oxygen atoms in total. The van der Waals surface area contributed by atoms with Crippen LogP contribution in [0, 0.1) is 5.92 Å². The van der Waals surface area contributed by atoms with E-state index in [9.17, 15) is 9.90 Å². The highest BCUT2D eigenvalue weighted by molar-refractivity contribution is 6.62. The van der Waals surface area contributed by atoms with Gasteiger partial charge in [0.25, 0.3) is 5.91 Å². The Bertz CT molecular complexity index is 907. The maximum absolute atomic E-state index is 12.3. The minimum atomic E-state index is -1.01. The number of amides is 1. The minimum absolute atomic E-state index is 0.0454. The minimum Gasteiger partial charge on any atom is -0.400 e. The fourth-order valence-corrected chi connectivity index (χ4v) is 6.50. The van der Waals surface area contributed by atoms with Crippen molar-refractivity contribution in [3.63, 3.8) is 0 Å². The molecule has 2 rings (SSSR count). The molecule has 5 N–H and O–H groups in total. The van der Waals surface area contributed by atoms with Crippen LogP contribution < -0.4 is 16.4 Å². The van der Waals surface area contributed by atoms with Crippen LogP contribution in [0.1, 0.15) is 31.1 Å². The Morgan fingerprint density at radius 1 is 1.09 bits per heavy atom. The zero-order valence-electron chi connectivity index (χ0n) is 23.1. The van der Waals surface area contributed by atoms with Gasteiger partial charge in [-0.1, -0.05) is 21.4 Å². The zero-order chi connectivity index (χ0) is 26.0. The molecule has 1 aromatic rings. The lowest BCUT2D eigenvalue weighted by atomic mass is 9.07. The Hall–Kier alpha value is -1.24. The Labute approximate surface area is 208 Å². The van der Waals surface area contributed by atoms with Crippen LogP contribution in [-0.2, 0) is 0 Å². The molecular formula is C16H37B10N5O2. The summed E-state index contributed by atoms with van der Waals surface area (Å²) in [6.07, 6.45) is 1.47. The van der Waals surface area contributed by atoms with Gasteiger partial charge in [0.15, 0.2) is 0 Å². The molecule has 1 heterocycles. The number of carbonyl (C=O) groups is 1. The van der Waals surface area contributed by atoms with E-state index < -0.39 is 22.1 Å². The van der Waals surface area contributed by atoms with Gasteiger partial charge in [-0.3, -0.25) is 4.79 Å². The summed E-state index contributed by atoms with van der Waals surface area (Å²) in [4.78, 5) is 21.3. The highest BCUT2D eigenvalue weighted by atomic mass is 16.3. The van der Waals surface area contributed by atoms with E-state index in [0.717, 1.165) is 0 Å². The fraction of sp³-hybridized carbons (Fsp3) is 0.688. The van der Waals surface area contributed by atoms with Crippen LogP contribution in [0.5, 0.6) is 0 Å². The van der Waals surface area contributed by atoms with Crippen molar-refractivity contribution >= 4 is 96.1 Å². The van der Waals surface area contributed by atoms with E-state index in [1.54, 1.807) is 0 Å². The molecule has 3 unspecified atom stereocenters. The van der Waals surface area contributed by atoms with Gasteiger partial charge < -0.3 is 21.5 Å². The predicted octanol–water partition coefficient (Wildman–Crippen LogP) is -8.36. The fourth-order valence-electron chi connectivity index (χ4n) is 6.50. The number of hydrogen-bond acceptors (Lipinski definition) is 6. The van der Waals surface area contributed by atoms with Gasteiger partial charge in [0.1, 0.15) is 52.9 Å². The lowest BCUT2D eigenvalue weighted by Crippen LogP contribution is -2.78. The Balaban J connectivity index is 2.77. The van der Waals surface area contributed by atoms with Gasteiger partial charge in [-0.15, -0.1) is 0 Å². The Morgan fingerprint density at radius 2 is 1.61 bits per heavy atom. The number of aromatic nitrogens is 2. The van der Waals surface area contributed by atoms with Crippen LogP contribution >= 0.6 is 0 Å². The summed E-state index contributed by atoms with van der Waals surface area (Å²) >= 11 is 0. The number of nitrogens with two attached hydrogens (primary N) is 1. The number of primary amides is 1. The van der Waals surface area contributed by atoms with Gasteiger partial charge in [0.05, 0.1) is 36.9 Å². The first-order valence-corrected chi connectivity index (χ1v) is 12.0. The van der Waals surface area contributed by atoms with E-state index in [1.807, 2.05) is 28.6 Å². The maximum atomic E-state index is 12.3. The Kier molecular flexibility index (Phi) is 6.93. The summed E-state index contributed by atoms with van der Waals surface area (Å²) < 4.78 is 0. The van der Waals surface area contributed by atoms with E-state index >= 15 is 0 Å². The van der Waals surface area contributed by atoms with Gasteiger partial charge in [0, 0.05) is 17.2 Å². The highest BCUT2D eigenvalue weighted by Crippen LogP contribution is 2.71. The van der Waals surface area contributed by atoms with Crippen LogP contribution in [0.25, 0.3) is 0 Å². The molecule has 1 fully saturated rings. The van der Waals surface area contributed by atoms with E-state index in [0.29, 0.717) is 11.8 Å². The van der Waals surface area contributed by atoms with Crippen LogP contribution in [0.2, 0.25) is 21.4 Å². The SMILES string of the molecule is BC(B)C1C(B)(B)C(B)(B)C(B)(Nc2nc(NC(C)(C)C)ncc2C(N)=O)C(B)(B)C1(B)O. The third-order valence-electron chi connectivity index (χ3n) is 9.34. The second-order valence-corrected chi connectivity index (χ2v) is 13.3. The number of rotatable bonds is 5. The molecule has 0 aromatic carbocycles. The smallest absolute Gasteiger partial charge is 0.254 e. The van der Waals surface area contributed by atoms with Crippen LogP contribution in [-0.4, -0.2) is 116 Å². The molecule has 0 saturated heterocycles. The van der Waals surface area contributed by atoms with Crippen molar-refractivity contribution in [1.82, 2.24) is 9.97 Å². The molecule has 168 valence electrons. The van der Waals surface area contributed by atoms with Crippen molar-refractivity contribution in [1.29, 1.82) is 0 Å². The molecule has 1 aliphatic rings. The normalized spacial score (nSPS) is 30.4. The average molecular weight is 440 g/mol. The monoisotopic (exact) mass is 441 g/mol. The van der Waals surface area contributed by atoms with Crippen molar-refractivity contribution in [2.75, 3.05) is 10.6 Å². The summed E-state index contributed by atoms with van der Waals surface area (Å²) in [5.74, 6) is 0.239. The number of nitrogens with zero attached hydrogens (tertiary/aromatic N) is 2. The number of anilines is 2.